The largest absolute Gasteiger partial charge is 0.497 e. The Bertz CT molecular complexity index is 790. The number of aryl methyl sites for hydroxylation is 1. The normalized spacial score (nSPS) is 10.8. The van der Waals surface area contributed by atoms with Gasteiger partial charge in [0.15, 0.2) is 0 Å². The number of methoxy groups -OCH3 is 1. The number of nitrogens with one attached hydrogen (secondary N) is 1. The van der Waals surface area contributed by atoms with Crippen LogP contribution in [0.5, 0.6) is 11.5 Å². The highest BCUT2D eigenvalue weighted by molar-refractivity contribution is 6.32. The fraction of sp³-hybridized carbons (Fsp3) is 0.474. The van der Waals surface area contributed by atoms with Gasteiger partial charge in [0.1, 0.15) is 16.5 Å². The van der Waals surface area contributed by atoms with Gasteiger partial charge in [-0.15, -0.1) is 0 Å². The highest BCUT2D eigenvalue weighted by atomic mass is 35.5. The van der Waals surface area contributed by atoms with Crippen molar-refractivity contribution in [2.24, 2.45) is 0 Å². The molecule has 2 aromatic rings. The summed E-state index contributed by atoms with van der Waals surface area (Å²) in [6.07, 6.45) is 3.22. The second-order valence-electron chi connectivity index (χ2n) is 6.17. The molecule has 26 heavy (non-hydrogen) atoms. The second-order valence-corrected chi connectivity index (χ2v) is 6.55. The molecule has 6 nitrogen and oxygen atoms in total. The van der Waals surface area contributed by atoms with Crippen LogP contribution in [0.4, 0.5) is 5.69 Å². The maximum Gasteiger partial charge on any atom is 0.287 e. The van der Waals surface area contributed by atoms with E-state index in [0.717, 1.165) is 29.9 Å². The molecule has 1 N–H and O–H groups in total. The molecule has 0 amide bonds. The van der Waals surface area contributed by atoms with Crippen molar-refractivity contribution < 1.29 is 9.47 Å². The fourth-order valence-electron chi connectivity index (χ4n) is 2.51. The second kappa shape index (κ2) is 9.48. The third-order valence-corrected chi connectivity index (χ3v) is 4.34. The van der Waals surface area contributed by atoms with Crippen LogP contribution in [0.2, 0.25) is 5.02 Å². The molecule has 0 fully saturated rings. The molecule has 0 radical (unpaired) electrons. The number of hydrogen-bond donors (Lipinski definition) is 1. The summed E-state index contributed by atoms with van der Waals surface area (Å²) in [6.45, 7) is 7.04. The van der Waals surface area contributed by atoms with E-state index in [1.807, 2.05) is 32.0 Å². The standard InChI is InChI=1S/C19H26ClN3O3/c1-5-14-11-15(25-4)7-8-17(14)26-10-6-9-21-16-12-22-23(13(2)3)19(24)18(16)20/h7-8,11-13,21H,5-6,9-10H2,1-4H3. The number of nitrogens with zero attached hydrogens (tertiary/aromatic N) is 2. The highest BCUT2D eigenvalue weighted by Gasteiger charge is 2.11. The first-order valence-electron chi connectivity index (χ1n) is 8.78. The van der Waals surface area contributed by atoms with Crippen LogP contribution in [-0.2, 0) is 6.42 Å². The van der Waals surface area contributed by atoms with E-state index in [9.17, 15) is 4.79 Å². The quantitative estimate of drug-likeness (QED) is 0.669. The molecule has 0 atom stereocenters. The molecule has 7 heteroatoms. The first kappa shape index (κ1) is 20.1. The SMILES string of the molecule is CCc1cc(OC)ccc1OCCCNc1cnn(C(C)C)c(=O)c1Cl. The lowest BCUT2D eigenvalue weighted by atomic mass is 10.1. The topological polar surface area (TPSA) is 65.4 Å². The molecule has 0 saturated heterocycles. The van der Waals surface area contributed by atoms with Crippen molar-refractivity contribution in [2.45, 2.75) is 39.7 Å². The molecule has 0 bridgehead atoms. The van der Waals surface area contributed by atoms with Crippen LogP contribution in [0.25, 0.3) is 0 Å². The Morgan fingerprint density at radius 3 is 2.77 bits per heavy atom. The molecule has 142 valence electrons. The smallest absolute Gasteiger partial charge is 0.287 e. The number of rotatable bonds is 9. The predicted molar refractivity (Wildman–Crippen MR) is 105 cm³/mol. The molecule has 0 aliphatic carbocycles. The van der Waals surface area contributed by atoms with E-state index in [0.29, 0.717) is 18.8 Å². The molecule has 0 aliphatic rings. The van der Waals surface area contributed by atoms with Gasteiger partial charge in [0.2, 0.25) is 0 Å². The van der Waals surface area contributed by atoms with Crippen LogP contribution >= 0.6 is 11.6 Å². The van der Waals surface area contributed by atoms with Gasteiger partial charge in [-0.1, -0.05) is 18.5 Å². The van der Waals surface area contributed by atoms with Gasteiger partial charge >= 0.3 is 0 Å². The minimum atomic E-state index is -0.284. The summed E-state index contributed by atoms with van der Waals surface area (Å²) in [5.41, 5.74) is 1.38. The van der Waals surface area contributed by atoms with E-state index < -0.39 is 0 Å². The number of ether oxygens (including phenoxy) is 2. The molecular weight excluding hydrogens is 354 g/mol. The van der Waals surface area contributed by atoms with Crippen LogP contribution < -0.4 is 20.3 Å². The lowest BCUT2D eigenvalue weighted by Crippen LogP contribution is -2.26. The minimum Gasteiger partial charge on any atom is -0.497 e. The number of anilines is 1. The molecule has 0 unspecified atom stereocenters. The Labute approximate surface area is 159 Å². The zero-order chi connectivity index (χ0) is 19.1. The lowest BCUT2D eigenvalue weighted by molar-refractivity contribution is 0.311. The van der Waals surface area contributed by atoms with Gasteiger partial charge in [-0.05, 0) is 50.5 Å². The van der Waals surface area contributed by atoms with Gasteiger partial charge in [-0.3, -0.25) is 4.79 Å². The Morgan fingerprint density at radius 2 is 2.12 bits per heavy atom. The third kappa shape index (κ3) is 4.91. The van der Waals surface area contributed by atoms with Crippen LogP contribution in [0, 0.1) is 0 Å². The monoisotopic (exact) mass is 379 g/mol. The maximum atomic E-state index is 12.1. The maximum absolute atomic E-state index is 12.1. The summed E-state index contributed by atoms with van der Waals surface area (Å²) in [4.78, 5) is 12.1. The van der Waals surface area contributed by atoms with E-state index in [1.165, 1.54) is 4.68 Å². The van der Waals surface area contributed by atoms with Gasteiger partial charge in [0.25, 0.3) is 5.56 Å². The van der Waals surface area contributed by atoms with E-state index in [1.54, 1.807) is 13.3 Å². The Kier molecular flexibility index (Phi) is 7.33. The van der Waals surface area contributed by atoms with Gasteiger partial charge in [0, 0.05) is 6.54 Å². The number of hydrogen-bond acceptors (Lipinski definition) is 5. The Morgan fingerprint density at radius 1 is 1.35 bits per heavy atom. The summed E-state index contributed by atoms with van der Waals surface area (Å²) in [6, 6.07) is 5.78. The van der Waals surface area contributed by atoms with E-state index in [2.05, 4.69) is 17.3 Å². The summed E-state index contributed by atoms with van der Waals surface area (Å²) < 4.78 is 12.5. The molecule has 1 aromatic carbocycles. The van der Waals surface area contributed by atoms with E-state index >= 15 is 0 Å². The average Bonchev–Trinajstić information content (AvgIpc) is 2.64. The Balaban J connectivity index is 1.86. The van der Waals surface area contributed by atoms with E-state index in [-0.39, 0.29) is 16.6 Å². The fourth-order valence-corrected chi connectivity index (χ4v) is 2.72. The number of aromatic nitrogens is 2. The zero-order valence-corrected chi connectivity index (χ0v) is 16.5. The number of benzene rings is 1. The number of halogens is 1. The lowest BCUT2D eigenvalue weighted by Gasteiger charge is -2.13. The van der Waals surface area contributed by atoms with Crippen molar-refractivity contribution in [1.82, 2.24) is 9.78 Å². The summed E-state index contributed by atoms with van der Waals surface area (Å²) in [5.74, 6) is 1.70. The predicted octanol–water partition coefficient (Wildman–Crippen LogP) is 3.93. The van der Waals surface area contributed by atoms with Crippen LogP contribution in [0.15, 0.2) is 29.2 Å². The molecule has 2 rings (SSSR count). The summed E-state index contributed by atoms with van der Waals surface area (Å²) in [5, 5.41) is 7.45. The molecule has 0 saturated carbocycles. The van der Waals surface area contributed by atoms with Gasteiger partial charge < -0.3 is 14.8 Å². The van der Waals surface area contributed by atoms with Gasteiger partial charge in [-0.2, -0.15) is 5.10 Å². The zero-order valence-electron chi connectivity index (χ0n) is 15.7. The molecule has 0 aliphatic heterocycles. The minimum absolute atomic E-state index is 0.0280. The van der Waals surface area contributed by atoms with Crippen LogP contribution in [-0.4, -0.2) is 30.0 Å². The molecule has 1 heterocycles. The van der Waals surface area contributed by atoms with Crippen molar-refractivity contribution in [3.63, 3.8) is 0 Å². The molecule has 0 spiro atoms. The molecule has 1 aromatic heterocycles. The van der Waals surface area contributed by atoms with Gasteiger partial charge in [-0.25, -0.2) is 4.68 Å². The van der Waals surface area contributed by atoms with Crippen LogP contribution in [0.1, 0.15) is 38.8 Å². The first-order chi connectivity index (χ1) is 12.5. The van der Waals surface area contributed by atoms with Crippen molar-refractivity contribution in [3.05, 3.63) is 45.3 Å². The summed E-state index contributed by atoms with van der Waals surface area (Å²) in [7, 11) is 1.65. The van der Waals surface area contributed by atoms with Crippen molar-refractivity contribution >= 4 is 17.3 Å². The first-order valence-corrected chi connectivity index (χ1v) is 9.16. The summed E-state index contributed by atoms with van der Waals surface area (Å²) >= 11 is 6.14. The average molecular weight is 380 g/mol. The van der Waals surface area contributed by atoms with Crippen molar-refractivity contribution in [1.29, 1.82) is 0 Å². The van der Waals surface area contributed by atoms with Gasteiger partial charge in [0.05, 0.1) is 31.6 Å². The Hall–Kier alpha value is -2.21. The highest BCUT2D eigenvalue weighted by Crippen LogP contribution is 2.24. The van der Waals surface area contributed by atoms with Crippen LogP contribution in [0.3, 0.4) is 0 Å². The van der Waals surface area contributed by atoms with Crippen molar-refractivity contribution in [2.75, 3.05) is 25.6 Å². The third-order valence-electron chi connectivity index (χ3n) is 3.98. The van der Waals surface area contributed by atoms with E-state index in [4.69, 9.17) is 21.1 Å². The van der Waals surface area contributed by atoms with Crippen molar-refractivity contribution in [3.8, 4) is 11.5 Å². The molecular formula is C19H26ClN3O3.